The fraction of sp³-hybridized carbons (Fsp3) is 0.250. The van der Waals surface area contributed by atoms with Crippen molar-refractivity contribution < 1.29 is 17.7 Å². The molecule has 0 bridgehead atoms. The number of fused-ring (bicyclic) bond motifs is 1. The van der Waals surface area contributed by atoms with E-state index in [4.69, 9.17) is 4.52 Å². The largest absolute Gasteiger partial charge is 0.334 e. The number of nitrogens with zero attached hydrogens (tertiary/aromatic N) is 2. The number of hydrogen-bond acceptors (Lipinski definition) is 7. The van der Waals surface area contributed by atoms with Crippen LogP contribution in [0.15, 0.2) is 27.6 Å². The standard InChI is InChI=1S/C12H11N3O4S2/c1-21(17,18)6-10-14-12(19-15-10)7-2-3-8-9(4-7)20-5-11(16)13-8/h2-4H,5-6H2,1H3,(H,13,16). The van der Waals surface area contributed by atoms with Gasteiger partial charge in [-0.05, 0) is 18.2 Å². The van der Waals surface area contributed by atoms with Crippen molar-refractivity contribution in [3.05, 3.63) is 24.0 Å². The quantitative estimate of drug-likeness (QED) is 0.908. The number of benzene rings is 1. The second-order valence-electron chi connectivity index (χ2n) is 4.63. The van der Waals surface area contributed by atoms with E-state index < -0.39 is 9.84 Å². The molecular formula is C12H11N3O4S2. The van der Waals surface area contributed by atoms with Gasteiger partial charge in [0.15, 0.2) is 15.7 Å². The molecule has 1 aliphatic rings. The van der Waals surface area contributed by atoms with Gasteiger partial charge in [0.2, 0.25) is 5.91 Å². The average molecular weight is 325 g/mol. The molecule has 0 saturated carbocycles. The van der Waals surface area contributed by atoms with Crippen LogP contribution < -0.4 is 5.32 Å². The van der Waals surface area contributed by atoms with Gasteiger partial charge in [0.25, 0.3) is 5.89 Å². The van der Waals surface area contributed by atoms with Gasteiger partial charge in [-0.3, -0.25) is 4.79 Å². The summed E-state index contributed by atoms with van der Waals surface area (Å²) in [4.78, 5) is 16.3. The minimum Gasteiger partial charge on any atom is -0.334 e. The summed E-state index contributed by atoms with van der Waals surface area (Å²) >= 11 is 1.42. The lowest BCUT2D eigenvalue weighted by molar-refractivity contribution is -0.113. The van der Waals surface area contributed by atoms with E-state index >= 15 is 0 Å². The van der Waals surface area contributed by atoms with E-state index in [9.17, 15) is 13.2 Å². The third-order valence-electron chi connectivity index (χ3n) is 2.72. The number of carbonyl (C=O) groups excluding carboxylic acids is 1. The van der Waals surface area contributed by atoms with Crippen LogP contribution in [0.25, 0.3) is 11.5 Å². The highest BCUT2D eigenvalue weighted by atomic mass is 32.2. The minimum atomic E-state index is -3.20. The Balaban J connectivity index is 1.89. The normalized spacial score (nSPS) is 14.6. The predicted molar refractivity (Wildman–Crippen MR) is 77.6 cm³/mol. The number of aromatic nitrogens is 2. The molecule has 0 saturated heterocycles. The van der Waals surface area contributed by atoms with Gasteiger partial charge in [0.05, 0.1) is 11.4 Å². The topological polar surface area (TPSA) is 102 Å². The molecule has 0 atom stereocenters. The first-order valence-electron chi connectivity index (χ1n) is 5.98. The number of rotatable bonds is 3. The van der Waals surface area contributed by atoms with Crippen LogP contribution in [0.3, 0.4) is 0 Å². The summed E-state index contributed by atoms with van der Waals surface area (Å²) in [7, 11) is -3.20. The Morgan fingerprint density at radius 1 is 1.43 bits per heavy atom. The molecule has 7 nitrogen and oxygen atoms in total. The van der Waals surface area contributed by atoms with Gasteiger partial charge in [-0.15, -0.1) is 11.8 Å². The van der Waals surface area contributed by atoms with Gasteiger partial charge < -0.3 is 9.84 Å². The van der Waals surface area contributed by atoms with Crippen LogP contribution in [0, 0.1) is 0 Å². The SMILES string of the molecule is CS(=O)(=O)Cc1noc(-c2ccc3c(c2)SCC(=O)N3)n1. The molecule has 2 aromatic rings. The van der Waals surface area contributed by atoms with E-state index in [2.05, 4.69) is 15.5 Å². The number of amides is 1. The number of sulfone groups is 1. The molecule has 1 aliphatic heterocycles. The average Bonchev–Trinajstić information content (AvgIpc) is 2.84. The maximum atomic E-state index is 11.3. The first-order valence-corrected chi connectivity index (χ1v) is 9.03. The first kappa shape index (κ1) is 14.1. The van der Waals surface area contributed by atoms with Crippen molar-refractivity contribution in [2.24, 2.45) is 0 Å². The van der Waals surface area contributed by atoms with Crippen LogP contribution in [0.4, 0.5) is 5.69 Å². The summed E-state index contributed by atoms with van der Waals surface area (Å²) in [6.45, 7) is 0. The summed E-state index contributed by atoms with van der Waals surface area (Å²) in [5.41, 5.74) is 1.43. The fourth-order valence-corrected chi connectivity index (χ4v) is 3.30. The number of hydrogen-bond donors (Lipinski definition) is 1. The molecule has 0 fully saturated rings. The number of thioether (sulfide) groups is 1. The molecule has 1 aromatic heterocycles. The molecule has 21 heavy (non-hydrogen) atoms. The molecule has 0 spiro atoms. The van der Waals surface area contributed by atoms with Crippen LogP contribution in [-0.2, 0) is 20.4 Å². The zero-order valence-corrected chi connectivity index (χ0v) is 12.6. The number of carbonyl (C=O) groups is 1. The van der Waals surface area contributed by atoms with Crippen LogP contribution in [-0.4, -0.2) is 36.5 Å². The first-order chi connectivity index (χ1) is 9.90. The fourth-order valence-electron chi connectivity index (χ4n) is 1.87. The van der Waals surface area contributed by atoms with Crippen molar-refractivity contribution in [2.75, 3.05) is 17.3 Å². The van der Waals surface area contributed by atoms with E-state index in [-0.39, 0.29) is 23.4 Å². The lowest BCUT2D eigenvalue weighted by Gasteiger charge is -2.16. The van der Waals surface area contributed by atoms with E-state index in [1.807, 2.05) is 6.07 Å². The Bertz CT molecular complexity index is 814. The Morgan fingerprint density at radius 2 is 2.24 bits per heavy atom. The molecule has 1 amide bonds. The Morgan fingerprint density at radius 3 is 3.00 bits per heavy atom. The highest BCUT2D eigenvalue weighted by molar-refractivity contribution is 8.00. The second kappa shape index (κ2) is 5.15. The zero-order chi connectivity index (χ0) is 15.0. The number of nitrogens with one attached hydrogen (secondary N) is 1. The lowest BCUT2D eigenvalue weighted by Crippen LogP contribution is -2.18. The highest BCUT2D eigenvalue weighted by Gasteiger charge is 2.18. The van der Waals surface area contributed by atoms with Crippen LogP contribution in [0.5, 0.6) is 0 Å². The molecule has 0 unspecified atom stereocenters. The van der Waals surface area contributed by atoms with E-state index in [0.29, 0.717) is 11.3 Å². The summed E-state index contributed by atoms with van der Waals surface area (Å²) in [6.07, 6.45) is 1.11. The van der Waals surface area contributed by atoms with Crippen LogP contribution in [0.2, 0.25) is 0 Å². The van der Waals surface area contributed by atoms with Crippen molar-refractivity contribution in [3.63, 3.8) is 0 Å². The minimum absolute atomic E-state index is 0.0338. The molecular weight excluding hydrogens is 314 g/mol. The summed E-state index contributed by atoms with van der Waals surface area (Å²) in [5.74, 6) is 0.458. The summed E-state index contributed by atoms with van der Waals surface area (Å²) < 4.78 is 27.5. The molecule has 2 heterocycles. The smallest absolute Gasteiger partial charge is 0.257 e. The second-order valence-corrected chi connectivity index (χ2v) is 7.79. The molecule has 1 N–H and O–H groups in total. The zero-order valence-electron chi connectivity index (χ0n) is 11.0. The van der Waals surface area contributed by atoms with E-state index in [0.717, 1.165) is 16.8 Å². The monoisotopic (exact) mass is 325 g/mol. The maximum absolute atomic E-state index is 11.3. The maximum Gasteiger partial charge on any atom is 0.257 e. The van der Waals surface area contributed by atoms with Gasteiger partial charge in [-0.25, -0.2) is 8.42 Å². The third kappa shape index (κ3) is 3.24. The predicted octanol–water partition coefficient (Wildman–Crippen LogP) is 1.33. The number of anilines is 1. The van der Waals surface area contributed by atoms with Gasteiger partial charge in [0.1, 0.15) is 5.75 Å². The Labute approximate surface area is 125 Å². The van der Waals surface area contributed by atoms with Crippen molar-refractivity contribution in [1.82, 2.24) is 10.1 Å². The van der Waals surface area contributed by atoms with Gasteiger partial charge in [0, 0.05) is 16.7 Å². The van der Waals surface area contributed by atoms with Gasteiger partial charge in [-0.1, -0.05) is 5.16 Å². The molecule has 0 radical (unpaired) electrons. The Kier molecular flexibility index (Phi) is 3.46. The lowest BCUT2D eigenvalue weighted by atomic mass is 10.2. The molecule has 1 aromatic carbocycles. The van der Waals surface area contributed by atoms with Crippen molar-refractivity contribution in [3.8, 4) is 11.5 Å². The van der Waals surface area contributed by atoms with Crippen molar-refractivity contribution in [1.29, 1.82) is 0 Å². The van der Waals surface area contributed by atoms with E-state index in [1.54, 1.807) is 12.1 Å². The van der Waals surface area contributed by atoms with Crippen molar-refractivity contribution in [2.45, 2.75) is 10.6 Å². The molecule has 3 rings (SSSR count). The van der Waals surface area contributed by atoms with Gasteiger partial charge >= 0.3 is 0 Å². The van der Waals surface area contributed by atoms with E-state index in [1.165, 1.54) is 11.8 Å². The molecule has 9 heteroatoms. The molecule has 0 aliphatic carbocycles. The summed E-state index contributed by atoms with van der Waals surface area (Å²) in [5, 5.41) is 6.43. The highest BCUT2D eigenvalue weighted by Crippen LogP contribution is 2.34. The third-order valence-corrected chi connectivity index (χ3v) is 4.56. The molecule has 110 valence electrons. The van der Waals surface area contributed by atoms with Gasteiger partial charge in [-0.2, -0.15) is 4.98 Å². The van der Waals surface area contributed by atoms with Crippen molar-refractivity contribution >= 4 is 33.2 Å². The summed E-state index contributed by atoms with van der Waals surface area (Å²) in [6, 6.07) is 5.33. The van der Waals surface area contributed by atoms with Crippen LogP contribution in [0.1, 0.15) is 5.82 Å². The Hall–Kier alpha value is -1.87. The van der Waals surface area contributed by atoms with Crippen LogP contribution >= 0.6 is 11.8 Å².